The van der Waals surface area contributed by atoms with E-state index in [1.54, 1.807) is 50.6 Å². The number of aromatic nitrogens is 1. The van der Waals surface area contributed by atoms with Crippen molar-refractivity contribution in [3.63, 3.8) is 0 Å². The zero-order valence-electron chi connectivity index (χ0n) is 15.0. The van der Waals surface area contributed by atoms with Crippen LogP contribution in [0.4, 0.5) is 4.39 Å². The fourth-order valence-electron chi connectivity index (χ4n) is 2.70. The Balaban J connectivity index is 1.89. The molecule has 2 aromatic carbocycles. The molecule has 1 aromatic heterocycles. The molecule has 0 spiro atoms. The maximum absolute atomic E-state index is 13.1. The van der Waals surface area contributed by atoms with E-state index in [0.29, 0.717) is 28.2 Å². The van der Waals surface area contributed by atoms with Gasteiger partial charge in [0, 0.05) is 17.3 Å². The van der Waals surface area contributed by atoms with E-state index in [1.165, 1.54) is 18.3 Å². The topological polar surface area (TPSA) is 48.4 Å². The standard InChI is InChI=1S/C22H18FNO3/c1-26-20-11-8-15(13-21(20)27-2)7-10-19(25)18-6-4-3-5-17(18)16-9-12-22(23)24-14-16/h3-14H,1-2H3/b10-7+. The summed E-state index contributed by atoms with van der Waals surface area (Å²) in [6.45, 7) is 0. The molecule has 4 nitrogen and oxygen atoms in total. The monoisotopic (exact) mass is 363 g/mol. The molecule has 3 rings (SSSR count). The van der Waals surface area contributed by atoms with Crippen LogP contribution in [0.1, 0.15) is 15.9 Å². The van der Waals surface area contributed by atoms with E-state index in [0.717, 1.165) is 5.56 Å². The van der Waals surface area contributed by atoms with Crippen molar-refractivity contribution in [2.75, 3.05) is 14.2 Å². The van der Waals surface area contributed by atoms with Gasteiger partial charge in [-0.1, -0.05) is 36.4 Å². The van der Waals surface area contributed by atoms with Crippen LogP contribution in [-0.4, -0.2) is 25.0 Å². The Morgan fingerprint density at radius 2 is 1.78 bits per heavy atom. The number of halogens is 1. The van der Waals surface area contributed by atoms with Crippen LogP contribution in [0.15, 0.2) is 66.9 Å². The lowest BCUT2D eigenvalue weighted by Crippen LogP contribution is -1.98. The second-order valence-corrected chi connectivity index (χ2v) is 5.73. The molecule has 5 heteroatoms. The van der Waals surface area contributed by atoms with Gasteiger partial charge in [0.05, 0.1) is 14.2 Å². The zero-order valence-corrected chi connectivity index (χ0v) is 15.0. The lowest BCUT2D eigenvalue weighted by Gasteiger charge is -2.08. The van der Waals surface area contributed by atoms with Crippen LogP contribution in [0.3, 0.4) is 0 Å². The Bertz CT molecular complexity index is 981. The predicted octanol–water partition coefficient (Wildman–Crippen LogP) is 4.80. The summed E-state index contributed by atoms with van der Waals surface area (Å²) in [5.41, 5.74) is 2.70. The molecule has 0 atom stereocenters. The number of allylic oxidation sites excluding steroid dienone is 1. The Morgan fingerprint density at radius 1 is 1.00 bits per heavy atom. The molecule has 0 N–H and O–H groups in total. The number of ketones is 1. The highest BCUT2D eigenvalue weighted by Gasteiger charge is 2.11. The number of carbonyl (C=O) groups is 1. The lowest BCUT2D eigenvalue weighted by atomic mass is 9.97. The number of carbonyl (C=O) groups excluding carboxylic acids is 1. The van der Waals surface area contributed by atoms with Crippen molar-refractivity contribution < 1.29 is 18.7 Å². The molecular weight excluding hydrogens is 345 g/mol. The summed E-state index contributed by atoms with van der Waals surface area (Å²) < 4.78 is 23.6. The molecule has 0 aliphatic rings. The normalized spacial score (nSPS) is 10.8. The molecule has 0 aliphatic heterocycles. The fraction of sp³-hybridized carbons (Fsp3) is 0.0909. The molecule has 0 amide bonds. The van der Waals surface area contributed by atoms with Crippen molar-refractivity contribution in [3.05, 3.63) is 83.9 Å². The van der Waals surface area contributed by atoms with E-state index in [2.05, 4.69) is 4.98 Å². The minimum Gasteiger partial charge on any atom is -0.493 e. The summed E-state index contributed by atoms with van der Waals surface area (Å²) in [6, 6.07) is 15.4. The van der Waals surface area contributed by atoms with Gasteiger partial charge in [0.25, 0.3) is 0 Å². The Morgan fingerprint density at radius 3 is 2.48 bits per heavy atom. The highest BCUT2D eigenvalue weighted by atomic mass is 19.1. The third-order valence-electron chi connectivity index (χ3n) is 4.07. The zero-order chi connectivity index (χ0) is 19.2. The highest BCUT2D eigenvalue weighted by Crippen LogP contribution is 2.28. The van der Waals surface area contributed by atoms with Gasteiger partial charge in [-0.15, -0.1) is 0 Å². The van der Waals surface area contributed by atoms with Gasteiger partial charge in [0.15, 0.2) is 17.3 Å². The quantitative estimate of drug-likeness (QED) is 0.359. The maximum atomic E-state index is 13.1. The molecule has 0 radical (unpaired) electrons. The van der Waals surface area contributed by atoms with E-state index in [1.807, 2.05) is 18.2 Å². The van der Waals surface area contributed by atoms with Gasteiger partial charge in [0.1, 0.15) is 0 Å². The van der Waals surface area contributed by atoms with E-state index < -0.39 is 5.95 Å². The molecule has 0 saturated heterocycles. The predicted molar refractivity (Wildman–Crippen MR) is 103 cm³/mol. The van der Waals surface area contributed by atoms with Crippen molar-refractivity contribution in [1.29, 1.82) is 0 Å². The summed E-state index contributed by atoms with van der Waals surface area (Å²) in [7, 11) is 3.13. The van der Waals surface area contributed by atoms with Gasteiger partial charge in [-0.2, -0.15) is 4.39 Å². The van der Waals surface area contributed by atoms with E-state index in [-0.39, 0.29) is 5.78 Å². The minimum atomic E-state index is -0.559. The van der Waals surface area contributed by atoms with Crippen LogP contribution in [0, 0.1) is 5.95 Å². The summed E-state index contributed by atoms with van der Waals surface area (Å²) in [5, 5.41) is 0. The molecule has 0 fully saturated rings. The second-order valence-electron chi connectivity index (χ2n) is 5.73. The van der Waals surface area contributed by atoms with Crippen molar-refractivity contribution in [1.82, 2.24) is 4.98 Å². The molecule has 0 saturated carbocycles. The average Bonchev–Trinajstić information content (AvgIpc) is 2.72. The van der Waals surface area contributed by atoms with Crippen LogP contribution in [0.25, 0.3) is 17.2 Å². The van der Waals surface area contributed by atoms with Gasteiger partial charge >= 0.3 is 0 Å². The number of hydrogen-bond acceptors (Lipinski definition) is 4. The van der Waals surface area contributed by atoms with Crippen LogP contribution in [-0.2, 0) is 0 Å². The molecular formula is C22H18FNO3. The summed E-state index contributed by atoms with van der Waals surface area (Å²) >= 11 is 0. The first-order valence-corrected chi connectivity index (χ1v) is 8.28. The van der Waals surface area contributed by atoms with Gasteiger partial charge < -0.3 is 9.47 Å². The first kappa shape index (κ1) is 18.3. The molecule has 1 heterocycles. The number of benzene rings is 2. The van der Waals surface area contributed by atoms with Gasteiger partial charge in [-0.05, 0) is 41.5 Å². The number of ether oxygens (including phenoxy) is 2. The number of methoxy groups -OCH3 is 2. The average molecular weight is 363 g/mol. The SMILES string of the molecule is COc1ccc(/C=C/C(=O)c2ccccc2-c2ccc(F)nc2)cc1OC. The van der Waals surface area contributed by atoms with Crippen molar-refractivity contribution in [3.8, 4) is 22.6 Å². The first-order chi connectivity index (χ1) is 13.1. The fourth-order valence-corrected chi connectivity index (χ4v) is 2.70. The third kappa shape index (κ3) is 4.20. The summed E-state index contributed by atoms with van der Waals surface area (Å²) in [5.74, 6) is 0.487. The maximum Gasteiger partial charge on any atom is 0.212 e. The first-order valence-electron chi connectivity index (χ1n) is 8.28. The molecule has 3 aromatic rings. The van der Waals surface area contributed by atoms with Crippen molar-refractivity contribution in [2.45, 2.75) is 0 Å². The number of rotatable bonds is 6. The van der Waals surface area contributed by atoms with Crippen LogP contribution >= 0.6 is 0 Å². The number of nitrogens with zero attached hydrogens (tertiary/aromatic N) is 1. The van der Waals surface area contributed by atoms with Crippen molar-refractivity contribution in [2.24, 2.45) is 0 Å². The van der Waals surface area contributed by atoms with E-state index in [9.17, 15) is 9.18 Å². The largest absolute Gasteiger partial charge is 0.493 e. The summed E-state index contributed by atoms with van der Waals surface area (Å²) in [6.07, 6.45) is 4.63. The highest BCUT2D eigenvalue weighted by molar-refractivity contribution is 6.10. The minimum absolute atomic E-state index is 0.162. The molecule has 0 unspecified atom stereocenters. The van der Waals surface area contributed by atoms with Gasteiger partial charge in [-0.3, -0.25) is 4.79 Å². The molecule has 27 heavy (non-hydrogen) atoms. The molecule has 136 valence electrons. The van der Waals surface area contributed by atoms with E-state index in [4.69, 9.17) is 9.47 Å². The van der Waals surface area contributed by atoms with Crippen LogP contribution in [0.5, 0.6) is 11.5 Å². The number of pyridine rings is 1. The molecule has 0 bridgehead atoms. The second kappa shape index (κ2) is 8.27. The van der Waals surface area contributed by atoms with E-state index >= 15 is 0 Å². The van der Waals surface area contributed by atoms with Gasteiger partial charge in [0.2, 0.25) is 5.95 Å². The Kier molecular flexibility index (Phi) is 5.61. The third-order valence-corrected chi connectivity index (χ3v) is 4.07. The Hall–Kier alpha value is -3.47. The molecule has 0 aliphatic carbocycles. The van der Waals surface area contributed by atoms with Crippen molar-refractivity contribution >= 4 is 11.9 Å². The van der Waals surface area contributed by atoms with Crippen LogP contribution < -0.4 is 9.47 Å². The smallest absolute Gasteiger partial charge is 0.212 e. The summed E-state index contributed by atoms with van der Waals surface area (Å²) in [4.78, 5) is 16.4. The van der Waals surface area contributed by atoms with Crippen LogP contribution in [0.2, 0.25) is 0 Å². The lowest BCUT2D eigenvalue weighted by molar-refractivity contribution is 0.104. The Labute approximate surface area is 156 Å². The number of hydrogen-bond donors (Lipinski definition) is 0. The van der Waals surface area contributed by atoms with Gasteiger partial charge in [-0.25, -0.2) is 4.98 Å².